The Kier molecular flexibility index (Phi) is 1.88. The molecule has 2 N–H and O–H groups in total. The van der Waals surface area contributed by atoms with Gasteiger partial charge in [0.2, 0.25) is 0 Å². The summed E-state index contributed by atoms with van der Waals surface area (Å²) >= 11 is 0. The van der Waals surface area contributed by atoms with Crippen LogP contribution in [-0.4, -0.2) is 15.0 Å². The number of rotatable bonds is 2. The van der Waals surface area contributed by atoms with E-state index in [2.05, 4.69) is 21.9 Å². The summed E-state index contributed by atoms with van der Waals surface area (Å²) in [5.41, 5.74) is 0.613. The molecule has 0 bridgehead atoms. The van der Waals surface area contributed by atoms with Crippen LogP contribution in [0.25, 0.3) is 11.0 Å². The zero-order valence-electron chi connectivity index (χ0n) is 7.42. The first-order valence-corrected chi connectivity index (χ1v) is 4.37. The van der Waals surface area contributed by atoms with Crippen molar-refractivity contribution in [2.24, 2.45) is 0 Å². The third-order valence-corrected chi connectivity index (χ3v) is 1.96. The van der Waals surface area contributed by atoms with Gasteiger partial charge in [0, 0.05) is 12.6 Å². The van der Waals surface area contributed by atoms with Crippen molar-refractivity contribution in [3.8, 4) is 0 Å². The van der Waals surface area contributed by atoms with E-state index in [4.69, 9.17) is 0 Å². The summed E-state index contributed by atoms with van der Waals surface area (Å²) in [7, 11) is 0. The van der Waals surface area contributed by atoms with E-state index in [9.17, 15) is 4.79 Å². The standard InChI is InChI=1S/C9H11N3O/c1-2-3-7-11-8-6(4-5-10-8)9(13)12-7/h4-5H,2-3H2,1H3,(H2,10,11,12,13). The predicted octanol–water partition coefficient (Wildman–Crippen LogP) is 1.20. The van der Waals surface area contributed by atoms with Crippen molar-refractivity contribution in [3.05, 3.63) is 28.4 Å². The van der Waals surface area contributed by atoms with Crippen molar-refractivity contribution < 1.29 is 0 Å². The maximum atomic E-state index is 11.4. The molecule has 2 aromatic heterocycles. The van der Waals surface area contributed by atoms with Crippen LogP contribution in [-0.2, 0) is 6.42 Å². The summed E-state index contributed by atoms with van der Waals surface area (Å²) in [6.07, 6.45) is 3.52. The normalized spacial score (nSPS) is 10.8. The molecular weight excluding hydrogens is 166 g/mol. The molecule has 0 unspecified atom stereocenters. The second-order valence-electron chi connectivity index (χ2n) is 3.00. The molecule has 2 rings (SSSR count). The minimum atomic E-state index is -0.0605. The molecule has 0 aromatic carbocycles. The number of hydrogen-bond acceptors (Lipinski definition) is 2. The van der Waals surface area contributed by atoms with E-state index in [1.807, 2.05) is 0 Å². The monoisotopic (exact) mass is 177 g/mol. The minimum absolute atomic E-state index is 0.0605. The van der Waals surface area contributed by atoms with Crippen LogP contribution in [0.2, 0.25) is 0 Å². The lowest BCUT2D eigenvalue weighted by Crippen LogP contribution is -2.10. The van der Waals surface area contributed by atoms with E-state index in [0.717, 1.165) is 18.7 Å². The average Bonchev–Trinajstić information content (AvgIpc) is 2.53. The molecule has 4 nitrogen and oxygen atoms in total. The van der Waals surface area contributed by atoms with Gasteiger partial charge in [-0.1, -0.05) is 6.92 Å². The second kappa shape index (κ2) is 3.05. The van der Waals surface area contributed by atoms with Crippen LogP contribution in [0.4, 0.5) is 0 Å². The molecule has 0 atom stereocenters. The fraction of sp³-hybridized carbons (Fsp3) is 0.333. The van der Waals surface area contributed by atoms with Crippen molar-refractivity contribution in [3.63, 3.8) is 0 Å². The third-order valence-electron chi connectivity index (χ3n) is 1.96. The van der Waals surface area contributed by atoms with E-state index in [1.165, 1.54) is 0 Å². The fourth-order valence-electron chi connectivity index (χ4n) is 1.35. The predicted molar refractivity (Wildman–Crippen MR) is 50.7 cm³/mol. The van der Waals surface area contributed by atoms with Gasteiger partial charge in [0.25, 0.3) is 5.56 Å². The van der Waals surface area contributed by atoms with E-state index in [1.54, 1.807) is 12.3 Å². The zero-order valence-corrected chi connectivity index (χ0v) is 7.42. The average molecular weight is 177 g/mol. The van der Waals surface area contributed by atoms with Gasteiger partial charge in [0.05, 0.1) is 5.39 Å². The Morgan fingerprint density at radius 3 is 3.15 bits per heavy atom. The molecule has 0 radical (unpaired) electrons. The van der Waals surface area contributed by atoms with Gasteiger partial charge in [-0.05, 0) is 12.5 Å². The van der Waals surface area contributed by atoms with Crippen LogP contribution < -0.4 is 5.56 Å². The summed E-state index contributed by atoms with van der Waals surface area (Å²) in [4.78, 5) is 21.4. The maximum absolute atomic E-state index is 11.4. The number of hydrogen-bond donors (Lipinski definition) is 2. The molecule has 4 heteroatoms. The van der Waals surface area contributed by atoms with Crippen LogP contribution in [0.15, 0.2) is 17.1 Å². The van der Waals surface area contributed by atoms with Crippen molar-refractivity contribution in [2.45, 2.75) is 19.8 Å². The first-order valence-electron chi connectivity index (χ1n) is 4.37. The Labute approximate surface area is 75.0 Å². The molecule has 0 saturated heterocycles. The van der Waals surface area contributed by atoms with Crippen molar-refractivity contribution in [1.29, 1.82) is 0 Å². The quantitative estimate of drug-likeness (QED) is 0.724. The summed E-state index contributed by atoms with van der Waals surface area (Å²) in [6, 6.07) is 1.73. The molecular formula is C9H11N3O. The molecule has 0 spiro atoms. The Hall–Kier alpha value is -1.58. The van der Waals surface area contributed by atoms with Gasteiger partial charge in [-0.25, -0.2) is 4.98 Å². The number of aromatic amines is 2. The zero-order chi connectivity index (χ0) is 9.26. The SMILES string of the molecule is CCCc1nc2[nH]ccc2c(=O)[nH]1. The molecule has 13 heavy (non-hydrogen) atoms. The molecule has 0 aliphatic rings. The van der Waals surface area contributed by atoms with E-state index in [-0.39, 0.29) is 5.56 Å². The second-order valence-corrected chi connectivity index (χ2v) is 3.00. The summed E-state index contributed by atoms with van der Waals surface area (Å²) in [5.74, 6) is 0.752. The molecule has 0 amide bonds. The van der Waals surface area contributed by atoms with Gasteiger partial charge in [0.1, 0.15) is 11.5 Å². The lowest BCUT2D eigenvalue weighted by molar-refractivity contribution is 0.835. The maximum Gasteiger partial charge on any atom is 0.260 e. The lowest BCUT2D eigenvalue weighted by atomic mass is 10.3. The Bertz CT molecular complexity index is 469. The highest BCUT2D eigenvalue weighted by molar-refractivity contribution is 5.73. The Balaban J connectivity index is 2.63. The number of nitrogens with zero attached hydrogens (tertiary/aromatic N) is 1. The number of fused-ring (bicyclic) bond motifs is 1. The molecule has 2 heterocycles. The molecule has 0 saturated carbocycles. The topological polar surface area (TPSA) is 61.5 Å². The van der Waals surface area contributed by atoms with Crippen LogP contribution in [0.3, 0.4) is 0 Å². The summed E-state index contributed by atoms with van der Waals surface area (Å²) < 4.78 is 0. The molecule has 68 valence electrons. The molecule has 0 fully saturated rings. The van der Waals surface area contributed by atoms with Crippen molar-refractivity contribution in [2.75, 3.05) is 0 Å². The van der Waals surface area contributed by atoms with Crippen LogP contribution in [0.1, 0.15) is 19.2 Å². The smallest absolute Gasteiger partial charge is 0.260 e. The van der Waals surface area contributed by atoms with Gasteiger partial charge in [-0.3, -0.25) is 4.79 Å². The van der Waals surface area contributed by atoms with E-state index >= 15 is 0 Å². The van der Waals surface area contributed by atoms with Crippen molar-refractivity contribution in [1.82, 2.24) is 15.0 Å². The highest BCUT2D eigenvalue weighted by Gasteiger charge is 2.02. The Morgan fingerprint density at radius 2 is 2.38 bits per heavy atom. The molecule has 0 aliphatic carbocycles. The van der Waals surface area contributed by atoms with Crippen LogP contribution >= 0.6 is 0 Å². The van der Waals surface area contributed by atoms with Crippen LogP contribution in [0.5, 0.6) is 0 Å². The largest absolute Gasteiger partial charge is 0.346 e. The van der Waals surface area contributed by atoms with Gasteiger partial charge >= 0.3 is 0 Å². The Morgan fingerprint density at radius 1 is 1.54 bits per heavy atom. The number of aryl methyl sites for hydroxylation is 1. The highest BCUT2D eigenvalue weighted by atomic mass is 16.1. The van der Waals surface area contributed by atoms with Gasteiger partial charge < -0.3 is 9.97 Å². The summed E-state index contributed by atoms with van der Waals surface area (Å²) in [5, 5.41) is 0.625. The number of nitrogens with one attached hydrogen (secondary N) is 2. The fourth-order valence-corrected chi connectivity index (χ4v) is 1.35. The first kappa shape index (κ1) is 8.04. The van der Waals surface area contributed by atoms with E-state index < -0.39 is 0 Å². The van der Waals surface area contributed by atoms with Gasteiger partial charge in [0.15, 0.2) is 0 Å². The number of aromatic nitrogens is 3. The van der Waals surface area contributed by atoms with Gasteiger partial charge in [-0.15, -0.1) is 0 Å². The molecule has 0 aliphatic heterocycles. The minimum Gasteiger partial charge on any atom is -0.346 e. The highest BCUT2D eigenvalue weighted by Crippen LogP contribution is 2.03. The van der Waals surface area contributed by atoms with E-state index in [0.29, 0.717) is 11.0 Å². The number of H-pyrrole nitrogens is 2. The van der Waals surface area contributed by atoms with Crippen LogP contribution in [0, 0.1) is 0 Å². The molecule has 2 aromatic rings. The third kappa shape index (κ3) is 1.35. The summed E-state index contributed by atoms with van der Waals surface area (Å²) in [6.45, 7) is 2.05. The first-order chi connectivity index (χ1) is 6.31. The van der Waals surface area contributed by atoms with Gasteiger partial charge in [-0.2, -0.15) is 0 Å². The lowest BCUT2D eigenvalue weighted by Gasteiger charge is -1.96. The van der Waals surface area contributed by atoms with Crippen molar-refractivity contribution >= 4 is 11.0 Å².